The second-order valence-corrected chi connectivity index (χ2v) is 9.99. The second kappa shape index (κ2) is 9.85. The van der Waals surface area contributed by atoms with Gasteiger partial charge in [0, 0.05) is 30.8 Å². The first-order chi connectivity index (χ1) is 14.2. The number of thiazole rings is 1. The van der Waals surface area contributed by atoms with Gasteiger partial charge in [0.2, 0.25) is 11.8 Å². The van der Waals surface area contributed by atoms with Crippen molar-refractivity contribution in [2.75, 3.05) is 13.1 Å². The third kappa shape index (κ3) is 5.45. The molecule has 1 saturated carbocycles. The normalized spacial score (nSPS) is 18.3. The Hall–Kier alpha value is -1.73. The zero-order chi connectivity index (χ0) is 20.1. The van der Waals surface area contributed by atoms with Crippen molar-refractivity contribution in [3.8, 4) is 9.88 Å². The topological polar surface area (TPSA) is 62.3 Å². The summed E-state index contributed by atoms with van der Waals surface area (Å²) in [6.45, 7) is 1.89. The molecule has 2 amide bonds. The number of nitrogens with zero attached hydrogens (tertiary/aromatic N) is 2. The Kier molecular flexibility index (Phi) is 6.98. The molecule has 2 fully saturated rings. The number of thiophene rings is 1. The van der Waals surface area contributed by atoms with Crippen LogP contribution in [-0.2, 0) is 16.1 Å². The maximum absolute atomic E-state index is 12.5. The Morgan fingerprint density at radius 3 is 2.66 bits per heavy atom. The van der Waals surface area contributed by atoms with E-state index in [0.717, 1.165) is 40.8 Å². The van der Waals surface area contributed by atoms with E-state index in [1.54, 1.807) is 22.7 Å². The van der Waals surface area contributed by atoms with E-state index in [1.807, 2.05) is 21.7 Å². The largest absolute Gasteiger partial charge is 0.350 e. The summed E-state index contributed by atoms with van der Waals surface area (Å²) in [7, 11) is 0. The van der Waals surface area contributed by atoms with Crippen LogP contribution in [0, 0.1) is 11.8 Å². The molecule has 0 bridgehead atoms. The summed E-state index contributed by atoms with van der Waals surface area (Å²) in [6, 6.07) is 4.09. The number of likely N-dealkylation sites (tertiary alicyclic amines) is 1. The van der Waals surface area contributed by atoms with E-state index in [-0.39, 0.29) is 17.7 Å². The predicted molar refractivity (Wildman–Crippen MR) is 118 cm³/mol. The summed E-state index contributed by atoms with van der Waals surface area (Å²) in [5, 5.41) is 8.11. The van der Waals surface area contributed by atoms with Crippen molar-refractivity contribution >= 4 is 34.5 Å². The Balaban J connectivity index is 1.17. The number of aromatic nitrogens is 1. The lowest BCUT2D eigenvalue weighted by Crippen LogP contribution is -2.43. The molecule has 7 heteroatoms. The Labute approximate surface area is 180 Å². The molecule has 2 aromatic heterocycles. The molecular formula is C22H29N3O2S2. The van der Waals surface area contributed by atoms with Crippen LogP contribution < -0.4 is 5.32 Å². The van der Waals surface area contributed by atoms with Gasteiger partial charge in [-0.2, -0.15) is 0 Å². The first-order valence-electron chi connectivity index (χ1n) is 10.7. The van der Waals surface area contributed by atoms with Crippen LogP contribution in [0.25, 0.3) is 9.88 Å². The number of carbonyl (C=O) groups excluding carboxylic acids is 2. The molecule has 1 saturated heterocycles. The summed E-state index contributed by atoms with van der Waals surface area (Å²) < 4.78 is 0. The Morgan fingerprint density at radius 2 is 1.93 bits per heavy atom. The van der Waals surface area contributed by atoms with E-state index in [4.69, 9.17) is 0 Å². The smallest absolute Gasteiger partial charge is 0.223 e. The molecule has 0 unspecified atom stereocenters. The molecule has 0 radical (unpaired) electrons. The van der Waals surface area contributed by atoms with E-state index >= 15 is 0 Å². The minimum atomic E-state index is 0.00397. The van der Waals surface area contributed by atoms with Crippen molar-refractivity contribution in [2.24, 2.45) is 11.8 Å². The highest BCUT2D eigenvalue weighted by Crippen LogP contribution is 2.29. The van der Waals surface area contributed by atoms with Crippen molar-refractivity contribution in [2.45, 2.75) is 57.9 Å². The molecule has 1 N–H and O–H groups in total. The summed E-state index contributed by atoms with van der Waals surface area (Å²) in [5.74, 6) is 1.13. The van der Waals surface area contributed by atoms with Crippen LogP contribution in [0.4, 0.5) is 0 Å². The maximum atomic E-state index is 12.5. The highest BCUT2D eigenvalue weighted by molar-refractivity contribution is 7.20. The highest BCUT2D eigenvalue weighted by Gasteiger charge is 2.27. The molecule has 4 rings (SSSR count). The van der Waals surface area contributed by atoms with Gasteiger partial charge in [0.25, 0.3) is 0 Å². The van der Waals surface area contributed by atoms with Crippen molar-refractivity contribution in [1.29, 1.82) is 0 Å². The van der Waals surface area contributed by atoms with Crippen molar-refractivity contribution in [3.63, 3.8) is 0 Å². The lowest BCUT2D eigenvalue weighted by Gasteiger charge is -2.31. The number of piperidine rings is 1. The second-order valence-electron chi connectivity index (χ2n) is 8.18. The third-order valence-electron chi connectivity index (χ3n) is 6.19. The number of hydrogen-bond acceptors (Lipinski definition) is 5. The summed E-state index contributed by atoms with van der Waals surface area (Å²) in [4.78, 5) is 32.8. The van der Waals surface area contributed by atoms with Gasteiger partial charge in [-0.3, -0.25) is 9.59 Å². The molecule has 1 aliphatic carbocycles. The minimum absolute atomic E-state index is 0.00397. The van der Waals surface area contributed by atoms with Gasteiger partial charge < -0.3 is 10.2 Å². The van der Waals surface area contributed by atoms with E-state index in [1.165, 1.54) is 25.7 Å². The number of hydrogen-bond donors (Lipinski definition) is 1. The summed E-state index contributed by atoms with van der Waals surface area (Å²) >= 11 is 3.29. The zero-order valence-electron chi connectivity index (χ0n) is 16.8. The van der Waals surface area contributed by atoms with Crippen molar-refractivity contribution < 1.29 is 9.59 Å². The van der Waals surface area contributed by atoms with Crippen molar-refractivity contribution in [1.82, 2.24) is 15.2 Å². The van der Waals surface area contributed by atoms with Crippen LogP contribution in [0.15, 0.2) is 22.9 Å². The van der Waals surface area contributed by atoms with Gasteiger partial charge in [0.05, 0.1) is 17.1 Å². The quantitative estimate of drug-likeness (QED) is 0.691. The van der Waals surface area contributed by atoms with E-state index < -0.39 is 0 Å². The van der Waals surface area contributed by atoms with Crippen LogP contribution in [0.2, 0.25) is 0 Å². The average molecular weight is 432 g/mol. The molecule has 0 atom stereocenters. The van der Waals surface area contributed by atoms with Gasteiger partial charge in [-0.25, -0.2) is 4.98 Å². The predicted octanol–water partition coefficient (Wildman–Crippen LogP) is 4.70. The molecule has 156 valence electrons. The third-order valence-corrected chi connectivity index (χ3v) is 8.12. The van der Waals surface area contributed by atoms with Crippen LogP contribution in [0.3, 0.4) is 0 Å². The molecule has 3 heterocycles. The average Bonchev–Trinajstić information content (AvgIpc) is 3.52. The molecule has 29 heavy (non-hydrogen) atoms. The van der Waals surface area contributed by atoms with E-state index in [2.05, 4.69) is 16.4 Å². The fourth-order valence-electron chi connectivity index (χ4n) is 4.40. The van der Waals surface area contributed by atoms with Gasteiger partial charge in [-0.1, -0.05) is 31.7 Å². The van der Waals surface area contributed by atoms with Gasteiger partial charge in [-0.15, -0.1) is 22.7 Å². The van der Waals surface area contributed by atoms with E-state index in [0.29, 0.717) is 26.1 Å². The Bertz CT molecular complexity index is 804. The maximum Gasteiger partial charge on any atom is 0.223 e. The Morgan fingerprint density at radius 1 is 1.14 bits per heavy atom. The number of carbonyl (C=O) groups is 2. The number of amides is 2. The van der Waals surface area contributed by atoms with Crippen LogP contribution >= 0.6 is 22.7 Å². The van der Waals surface area contributed by atoms with Crippen molar-refractivity contribution in [3.05, 3.63) is 28.6 Å². The summed E-state index contributed by atoms with van der Waals surface area (Å²) in [6.07, 6.45) is 8.49. The van der Waals surface area contributed by atoms with Gasteiger partial charge >= 0.3 is 0 Å². The standard InChI is InChI=1S/C22H29N3O2S2/c26-20(8-7-16-4-1-2-5-16)25-11-9-17(10-12-25)21(27)23-14-18-15-29-22(24-18)19-6-3-13-28-19/h3,6,13,15-17H,1-2,4-5,7-12,14H2,(H,23,27). The molecular weight excluding hydrogens is 402 g/mol. The minimum Gasteiger partial charge on any atom is -0.350 e. The van der Waals surface area contributed by atoms with Crippen LogP contribution in [0.5, 0.6) is 0 Å². The molecule has 1 aliphatic heterocycles. The van der Waals surface area contributed by atoms with Gasteiger partial charge in [0.1, 0.15) is 5.01 Å². The van der Waals surface area contributed by atoms with Gasteiger partial charge in [0.15, 0.2) is 0 Å². The molecule has 0 aromatic carbocycles. The SMILES string of the molecule is O=C(NCc1csc(-c2cccs2)n1)C1CCN(C(=O)CCC2CCCC2)CC1. The van der Waals surface area contributed by atoms with Crippen LogP contribution in [0.1, 0.15) is 57.1 Å². The molecule has 0 spiro atoms. The molecule has 2 aliphatic rings. The number of nitrogens with one attached hydrogen (secondary N) is 1. The fourth-order valence-corrected chi connectivity index (χ4v) is 6.03. The fraction of sp³-hybridized carbons (Fsp3) is 0.591. The monoisotopic (exact) mass is 431 g/mol. The first-order valence-corrected chi connectivity index (χ1v) is 12.5. The van der Waals surface area contributed by atoms with Gasteiger partial charge in [-0.05, 0) is 36.6 Å². The first kappa shape index (κ1) is 20.5. The lowest BCUT2D eigenvalue weighted by atomic mass is 9.95. The van der Waals surface area contributed by atoms with E-state index in [9.17, 15) is 9.59 Å². The van der Waals surface area contributed by atoms with Crippen LogP contribution in [-0.4, -0.2) is 34.8 Å². The zero-order valence-corrected chi connectivity index (χ0v) is 18.4. The molecule has 2 aromatic rings. The molecule has 5 nitrogen and oxygen atoms in total. The summed E-state index contributed by atoms with van der Waals surface area (Å²) in [5.41, 5.74) is 0.909. The highest BCUT2D eigenvalue weighted by atomic mass is 32.1. The number of rotatable bonds is 7. The lowest BCUT2D eigenvalue weighted by molar-refractivity contribution is -0.135.